The van der Waals surface area contributed by atoms with Crippen LogP contribution in [0, 0.1) is 0 Å². The van der Waals surface area contributed by atoms with Gasteiger partial charge in [-0.05, 0) is 31.9 Å². The van der Waals surface area contributed by atoms with Crippen molar-refractivity contribution in [3.63, 3.8) is 0 Å². The third-order valence-corrected chi connectivity index (χ3v) is 5.00. The molecule has 20 heavy (non-hydrogen) atoms. The SMILES string of the molecule is CC1(NCc2csc(-c3ccccn3)n2)CCCCC1. The number of hydrogen-bond acceptors (Lipinski definition) is 4. The van der Waals surface area contributed by atoms with E-state index in [2.05, 4.69) is 27.6 Å². The summed E-state index contributed by atoms with van der Waals surface area (Å²) in [4.78, 5) is 9.04. The summed E-state index contributed by atoms with van der Waals surface area (Å²) in [5.41, 5.74) is 2.39. The number of thiazole rings is 1. The second kappa shape index (κ2) is 6.02. The van der Waals surface area contributed by atoms with Gasteiger partial charge in [-0.2, -0.15) is 0 Å². The van der Waals surface area contributed by atoms with Gasteiger partial charge in [0.25, 0.3) is 0 Å². The van der Waals surface area contributed by atoms with Gasteiger partial charge >= 0.3 is 0 Å². The molecule has 0 saturated heterocycles. The Morgan fingerprint density at radius 2 is 2.10 bits per heavy atom. The van der Waals surface area contributed by atoms with E-state index in [1.807, 2.05) is 24.4 Å². The third kappa shape index (κ3) is 3.25. The Morgan fingerprint density at radius 1 is 1.25 bits per heavy atom. The summed E-state index contributed by atoms with van der Waals surface area (Å²) in [6, 6.07) is 5.95. The largest absolute Gasteiger partial charge is 0.306 e. The van der Waals surface area contributed by atoms with Crippen LogP contribution in [0.15, 0.2) is 29.8 Å². The summed E-state index contributed by atoms with van der Waals surface area (Å²) in [6.07, 6.45) is 8.46. The number of nitrogens with zero attached hydrogens (tertiary/aromatic N) is 2. The van der Waals surface area contributed by atoms with Crippen molar-refractivity contribution in [1.82, 2.24) is 15.3 Å². The lowest BCUT2D eigenvalue weighted by atomic mass is 9.83. The lowest BCUT2D eigenvalue weighted by Gasteiger charge is -2.34. The number of rotatable bonds is 4. The minimum atomic E-state index is 0.299. The van der Waals surface area contributed by atoms with Crippen molar-refractivity contribution in [2.75, 3.05) is 0 Å². The minimum Gasteiger partial charge on any atom is -0.306 e. The zero-order chi connectivity index (χ0) is 13.8. The predicted molar refractivity (Wildman–Crippen MR) is 83.7 cm³/mol. The standard InChI is InChI=1S/C16H21N3S/c1-16(8-4-2-5-9-16)18-11-13-12-20-15(19-13)14-7-3-6-10-17-14/h3,6-7,10,12,18H,2,4-5,8-9,11H2,1H3. The highest BCUT2D eigenvalue weighted by molar-refractivity contribution is 7.13. The topological polar surface area (TPSA) is 37.8 Å². The average molecular weight is 287 g/mol. The van der Waals surface area contributed by atoms with E-state index in [0.29, 0.717) is 5.54 Å². The lowest BCUT2D eigenvalue weighted by molar-refractivity contribution is 0.251. The monoisotopic (exact) mass is 287 g/mol. The summed E-state index contributed by atoms with van der Waals surface area (Å²) in [5, 5.41) is 6.86. The van der Waals surface area contributed by atoms with Gasteiger partial charge in [0.15, 0.2) is 0 Å². The van der Waals surface area contributed by atoms with Crippen LogP contribution in [0.2, 0.25) is 0 Å². The van der Waals surface area contributed by atoms with Gasteiger partial charge in [-0.1, -0.05) is 25.3 Å². The molecule has 0 atom stereocenters. The Labute approximate surface area is 124 Å². The molecule has 4 heteroatoms. The van der Waals surface area contributed by atoms with Crippen molar-refractivity contribution >= 4 is 11.3 Å². The number of nitrogens with one attached hydrogen (secondary N) is 1. The van der Waals surface area contributed by atoms with Gasteiger partial charge in [0.05, 0.1) is 11.4 Å². The maximum Gasteiger partial charge on any atom is 0.142 e. The van der Waals surface area contributed by atoms with Crippen LogP contribution >= 0.6 is 11.3 Å². The smallest absolute Gasteiger partial charge is 0.142 e. The Kier molecular flexibility index (Phi) is 4.13. The average Bonchev–Trinajstić information content (AvgIpc) is 2.96. The van der Waals surface area contributed by atoms with Crippen LogP contribution in [0.4, 0.5) is 0 Å². The Balaban J connectivity index is 1.63. The fourth-order valence-electron chi connectivity index (χ4n) is 2.81. The van der Waals surface area contributed by atoms with Crippen LogP contribution in [0.25, 0.3) is 10.7 Å². The van der Waals surface area contributed by atoms with E-state index in [1.54, 1.807) is 11.3 Å². The van der Waals surface area contributed by atoms with Gasteiger partial charge in [0.1, 0.15) is 5.01 Å². The summed E-state index contributed by atoms with van der Waals surface area (Å²) >= 11 is 1.67. The van der Waals surface area contributed by atoms with E-state index in [9.17, 15) is 0 Å². The maximum atomic E-state index is 4.69. The zero-order valence-electron chi connectivity index (χ0n) is 11.9. The predicted octanol–water partition coefficient (Wildman–Crippen LogP) is 4.02. The molecule has 0 aliphatic heterocycles. The van der Waals surface area contributed by atoms with Gasteiger partial charge in [-0.25, -0.2) is 4.98 Å². The Hall–Kier alpha value is -1.26. The molecule has 0 amide bonds. The van der Waals surface area contributed by atoms with Gasteiger partial charge in [-0.3, -0.25) is 4.98 Å². The van der Waals surface area contributed by atoms with E-state index in [4.69, 9.17) is 0 Å². The molecule has 1 aliphatic rings. The van der Waals surface area contributed by atoms with E-state index in [1.165, 1.54) is 32.1 Å². The molecule has 3 nitrogen and oxygen atoms in total. The van der Waals surface area contributed by atoms with Crippen LogP contribution in [0.5, 0.6) is 0 Å². The highest BCUT2D eigenvalue weighted by atomic mass is 32.1. The highest BCUT2D eigenvalue weighted by Gasteiger charge is 2.25. The van der Waals surface area contributed by atoms with E-state index >= 15 is 0 Å². The Bertz CT molecular complexity index is 544. The molecule has 2 aromatic rings. The van der Waals surface area contributed by atoms with Crippen molar-refractivity contribution in [2.45, 2.75) is 51.1 Å². The van der Waals surface area contributed by atoms with Crippen molar-refractivity contribution in [3.8, 4) is 10.7 Å². The lowest BCUT2D eigenvalue weighted by Crippen LogP contribution is -2.43. The molecule has 3 rings (SSSR count). The molecule has 2 heterocycles. The molecule has 1 fully saturated rings. The number of hydrogen-bond donors (Lipinski definition) is 1. The van der Waals surface area contributed by atoms with Crippen LogP contribution in [-0.2, 0) is 6.54 Å². The van der Waals surface area contributed by atoms with Gasteiger partial charge in [0, 0.05) is 23.7 Å². The summed E-state index contributed by atoms with van der Waals surface area (Å²) in [5.74, 6) is 0. The molecule has 0 unspecified atom stereocenters. The summed E-state index contributed by atoms with van der Waals surface area (Å²) in [7, 11) is 0. The quantitative estimate of drug-likeness (QED) is 0.923. The fourth-order valence-corrected chi connectivity index (χ4v) is 3.60. The van der Waals surface area contributed by atoms with E-state index in [-0.39, 0.29) is 0 Å². The second-order valence-corrected chi connectivity index (χ2v) is 6.69. The molecule has 1 saturated carbocycles. The molecule has 0 bridgehead atoms. The Morgan fingerprint density at radius 3 is 2.85 bits per heavy atom. The zero-order valence-corrected chi connectivity index (χ0v) is 12.7. The molecule has 106 valence electrons. The second-order valence-electron chi connectivity index (χ2n) is 5.83. The summed E-state index contributed by atoms with van der Waals surface area (Å²) in [6.45, 7) is 3.21. The van der Waals surface area contributed by atoms with E-state index in [0.717, 1.165) is 22.9 Å². The van der Waals surface area contributed by atoms with E-state index < -0.39 is 0 Å². The molecular weight excluding hydrogens is 266 g/mol. The molecule has 2 aromatic heterocycles. The van der Waals surface area contributed by atoms with Crippen LogP contribution < -0.4 is 5.32 Å². The number of pyridine rings is 1. The van der Waals surface area contributed by atoms with Gasteiger partial charge < -0.3 is 5.32 Å². The normalized spacial score (nSPS) is 18.1. The molecule has 0 radical (unpaired) electrons. The first-order chi connectivity index (χ1) is 9.75. The maximum absolute atomic E-state index is 4.69. The van der Waals surface area contributed by atoms with Crippen molar-refractivity contribution < 1.29 is 0 Å². The van der Waals surface area contributed by atoms with Crippen molar-refractivity contribution in [1.29, 1.82) is 0 Å². The molecule has 1 aliphatic carbocycles. The van der Waals surface area contributed by atoms with Crippen molar-refractivity contribution in [2.24, 2.45) is 0 Å². The van der Waals surface area contributed by atoms with Crippen LogP contribution in [0.1, 0.15) is 44.7 Å². The molecule has 0 spiro atoms. The third-order valence-electron chi connectivity index (χ3n) is 4.09. The van der Waals surface area contributed by atoms with Gasteiger partial charge in [-0.15, -0.1) is 11.3 Å². The first-order valence-electron chi connectivity index (χ1n) is 7.36. The fraction of sp³-hybridized carbons (Fsp3) is 0.500. The summed E-state index contributed by atoms with van der Waals surface area (Å²) < 4.78 is 0. The first kappa shape index (κ1) is 13.7. The highest BCUT2D eigenvalue weighted by Crippen LogP contribution is 2.28. The first-order valence-corrected chi connectivity index (χ1v) is 8.24. The van der Waals surface area contributed by atoms with Crippen molar-refractivity contribution in [3.05, 3.63) is 35.5 Å². The molecular formula is C16H21N3S. The van der Waals surface area contributed by atoms with Crippen LogP contribution in [0.3, 0.4) is 0 Å². The molecule has 1 N–H and O–H groups in total. The minimum absolute atomic E-state index is 0.299. The molecule has 0 aromatic carbocycles. The van der Waals surface area contributed by atoms with Gasteiger partial charge in [0.2, 0.25) is 0 Å². The van der Waals surface area contributed by atoms with Crippen LogP contribution in [-0.4, -0.2) is 15.5 Å². The number of aromatic nitrogens is 2.